The van der Waals surface area contributed by atoms with E-state index in [-0.39, 0.29) is 10.7 Å². The second-order valence-corrected chi connectivity index (χ2v) is 4.62. The number of rotatable bonds is 2. The van der Waals surface area contributed by atoms with Gasteiger partial charge < -0.3 is 5.32 Å². The molecule has 19 heavy (non-hydrogen) atoms. The van der Waals surface area contributed by atoms with E-state index >= 15 is 0 Å². The topological polar surface area (TPSA) is 35.9 Å². The van der Waals surface area contributed by atoms with Crippen molar-refractivity contribution in [2.24, 2.45) is 0 Å². The minimum absolute atomic E-state index is 0.0838. The second kappa shape index (κ2) is 5.84. The van der Waals surface area contributed by atoms with Crippen LogP contribution in [-0.2, 0) is 0 Å². The average Bonchev–Trinajstić information content (AvgIpc) is 2.40. The standard InChI is InChI=1S/C14H12F2N2S/c1-19-14(17)18-12-8-3-2-5-9(12)13-10(15)6-4-7-11(13)16/h2-8H,1H3,(H2,17,18). The fraction of sp³-hybridized carbons (Fsp3) is 0.0714. The maximum atomic E-state index is 13.8. The van der Waals surface area contributed by atoms with E-state index < -0.39 is 11.6 Å². The summed E-state index contributed by atoms with van der Waals surface area (Å²) >= 11 is 1.22. The Morgan fingerprint density at radius 3 is 2.32 bits per heavy atom. The molecular formula is C14H12F2N2S. The van der Waals surface area contributed by atoms with Gasteiger partial charge in [-0.1, -0.05) is 36.0 Å². The largest absolute Gasteiger partial charge is 0.335 e. The molecule has 0 aliphatic rings. The molecule has 5 heteroatoms. The van der Waals surface area contributed by atoms with Crippen LogP contribution in [0, 0.1) is 17.0 Å². The highest BCUT2D eigenvalue weighted by Gasteiger charge is 2.14. The van der Waals surface area contributed by atoms with E-state index in [1.165, 1.54) is 30.0 Å². The summed E-state index contributed by atoms with van der Waals surface area (Å²) in [5, 5.41) is 10.6. The Morgan fingerprint density at radius 2 is 1.68 bits per heavy atom. The van der Waals surface area contributed by atoms with Gasteiger partial charge in [0.15, 0.2) is 5.17 Å². The predicted molar refractivity (Wildman–Crippen MR) is 76.7 cm³/mol. The van der Waals surface area contributed by atoms with Crippen molar-refractivity contribution >= 4 is 22.6 Å². The number of thioether (sulfide) groups is 1. The van der Waals surface area contributed by atoms with Crippen molar-refractivity contribution in [3.05, 3.63) is 54.1 Å². The predicted octanol–water partition coefficient (Wildman–Crippen LogP) is 4.34. The van der Waals surface area contributed by atoms with Crippen molar-refractivity contribution in [2.45, 2.75) is 0 Å². The van der Waals surface area contributed by atoms with Crippen LogP contribution < -0.4 is 5.32 Å². The smallest absolute Gasteiger partial charge is 0.157 e. The first kappa shape index (κ1) is 13.5. The van der Waals surface area contributed by atoms with Crippen molar-refractivity contribution in [3.63, 3.8) is 0 Å². The van der Waals surface area contributed by atoms with Crippen molar-refractivity contribution in [3.8, 4) is 11.1 Å². The lowest BCUT2D eigenvalue weighted by atomic mass is 10.0. The highest BCUT2D eigenvalue weighted by Crippen LogP contribution is 2.32. The summed E-state index contributed by atoms with van der Waals surface area (Å²) in [5.41, 5.74) is 0.822. The lowest BCUT2D eigenvalue weighted by Crippen LogP contribution is -2.06. The molecule has 2 aromatic carbocycles. The molecule has 2 rings (SSSR count). The Morgan fingerprint density at radius 1 is 1.05 bits per heavy atom. The molecule has 0 fully saturated rings. The normalized spacial score (nSPS) is 10.3. The molecule has 0 saturated heterocycles. The summed E-state index contributed by atoms with van der Waals surface area (Å²) in [5.74, 6) is -1.24. The first-order valence-corrected chi connectivity index (χ1v) is 6.79. The molecule has 0 aliphatic carbocycles. The second-order valence-electron chi connectivity index (χ2n) is 3.80. The Labute approximate surface area is 114 Å². The van der Waals surface area contributed by atoms with E-state index in [4.69, 9.17) is 5.41 Å². The molecular weight excluding hydrogens is 266 g/mol. The van der Waals surface area contributed by atoms with E-state index in [2.05, 4.69) is 5.32 Å². The van der Waals surface area contributed by atoms with Crippen LogP contribution in [0.25, 0.3) is 11.1 Å². The molecule has 2 nitrogen and oxygen atoms in total. The minimum atomic E-state index is -0.620. The molecule has 0 aromatic heterocycles. The van der Waals surface area contributed by atoms with Gasteiger partial charge in [-0.3, -0.25) is 5.41 Å². The zero-order valence-electron chi connectivity index (χ0n) is 10.2. The van der Waals surface area contributed by atoms with E-state index in [0.717, 1.165) is 0 Å². The molecule has 0 aliphatic heterocycles. The van der Waals surface area contributed by atoms with E-state index in [1.807, 2.05) is 0 Å². The molecule has 0 unspecified atom stereocenters. The number of nitrogens with one attached hydrogen (secondary N) is 2. The first-order valence-electron chi connectivity index (χ1n) is 5.56. The average molecular weight is 278 g/mol. The molecule has 2 aromatic rings. The highest BCUT2D eigenvalue weighted by molar-refractivity contribution is 8.13. The van der Waals surface area contributed by atoms with Crippen LogP contribution >= 0.6 is 11.8 Å². The number of amidine groups is 1. The summed E-state index contributed by atoms with van der Waals surface area (Å²) in [4.78, 5) is 0. The van der Waals surface area contributed by atoms with Gasteiger partial charge in [-0.25, -0.2) is 8.78 Å². The fourth-order valence-electron chi connectivity index (χ4n) is 1.74. The van der Waals surface area contributed by atoms with Crippen LogP contribution in [0.5, 0.6) is 0 Å². The van der Waals surface area contributed by atoms with E-state index in [9.17, 15) is 8.78 Å². The summed E-state index contributed by atoms with van der Waals surface area (Å²) in [7, 11) is 0. The third kappa shape index (κ3) is 2.93. The van der Waals surface area contributed by atoms with Gasteiger partial charge in [-0.05, 0) is 24.5 Å². The third-order valence-corrected chi connectivity index (χ3v) is 3.12. The van der Waals surface area contributed by atoms with Crippen LogP contribution in [0.1, 0.15) is 0 Å². The molecule has 0 heterocycles. The molecule has 0 atom stereocenters. The van der Waals surface area contributed by atoms with Crippen LogP contribution in [0.4, 0.5) is 14.5 Å². The summed E-state index contributed by atoms with van der Waals surface area (Å²) in [6.07, 6.45) is 1.75. The van der Waals surface area contributed by atoms with Gasteiger partial charge in [-0.2, -0.15) is 0 Å². The van der Waals surface area contributed by atoms with Gasteiger partial charge in [0.2, 0.25) is 0 Å². The summed E-state index contributed by atoms with van der Waals surface area (Å²) < 4.78 is 27.6. The Balaban J connectivity index is 2.53. The van der Waals surface area contributed by atoms with Crippen LogP contribution in [0.3, 0.4) is 0 Å². The van der Waals surface area contributed by atoms with Gasteiger partial charge in [-0.15, -0.1) is 0 Å². The molecule has 0 bridgehead atoms. The number of hydrogen-bond acceptors (Lipinski definition) is 2. The molecule has 0 spiro atoms. The van der Waals surface area contributed by atoms with Crippen molar-refractivity contribution in [1.82, 2.24) is 0 Å². The van der Waals surface area contributed by atoms with Crippen molar-refractivity contribution in [1.29, 1.82) is 5.41 Å². The van der Waals surface area contributed by atoms with E-state index in [0.29, 0.717) is 11.3 Å². The fourth-order valence-corrected chi connectivity index (χ4v) is 1.95. The number of halogens is 2. The third-order valence-electron chi connectivity index (χ3n) is 2.61. The van der Waals surface area contributed by atoms with Gasteiger partial charge >= 0.3 is 0 Å². The van der Waals surface area contributed by atoms with Crippen molar-refractivity contribution < 1.29 is 8.78 Å². The monoisotopic (exact) mass is 278 g/mol. The maximum absolute atomic E-state index is 13.8. The van der Waals surface area contributed by atoms with Crippen LogP contribution in [-0.4, -0.2) is 11.4 Å². The molecule has 0 amide bonds. The molecule has 98 valence electrons. The quantitative estimate of drug-likeness (QED) is 0.633. The van der Waals surface area contributed by atoms with Gasteiger partial charge in [0, 0.05) is 11.3 Å². The number of hydrogen-bond donors (Lipinski definition) is 2. The van der Waals surface area contributed by atoms with Gasteiger partial charge in [0.05, 0.1) is 5.56 Å². The first-order chi connectivity index (χ1) is 9.13. The lowest BCUT2D eigenvalue weighted by molar-refractivity contribution is 0.590. The van der Waals surface area contributed by atoms with Crippen molar-refractivity contribution in [2.75, 3.05) is 11.6 Å². The highest BCUT2D eigenvalue weighted by atomic mass is 32.2. The Hall–Kier alpha value is -1.88. The molecule has 2 N–H and O–H groups in total. The summed E-state index contributed by atoms with van der Waals surface area (Å²) in [6, 6.07) is 10.5. The zero-order chi connectivity index (χ0) is 13.8. The minimum Gasteiger partial charge on any atom is -0.335 e. The number of benzene rings is 2. The zero-order valence-corrected chi connectivity index (χ0v) is 11.0. The number of anilines is 1. The molecule has 0 radical (unpaired) electrons. The number of para-hydroxylation sites is 1. The Bertz CT molecular complexity index is 594. The SMILES string of the molecule is CSC(=N)Nc1ccccc1-c1c(F)cccc1F. The maximum Gasteiger partial charge on any atom is 0.157 e. The summed E-state index contributed by atoms with van der Waals surface area (Å²) in [6.45, 7) is 0. The van der Waals surface area contributed by atoms with Crippen LogP contribution in [0.15, 0.2) is 42.5 Å². The van der Waals surface area contributed by atoms with E-state index in [1.54, 1.807) is 30.5 Å². The molecule has 0 saturated carbocycles. The Kier molecular flexibility index (Phi) is 4.16. The van der Waals surface area contributed by atoms with Crippen LogP contribution in [0.2, 0.25) is 0 Å². The lowest BCUT2D eigenvalue weighted by Gasteiger charge is -2.12. The van der Waals surface area contributed by atoms with Gasteiger partial charge in [0.1, 0.15) is 11.6 Å². The van der Waals surface area contributed by atoms with Gasteiger partial charge in [0.25, 0.3) is 0 Å².